The summed E-state index contributed by atoms with van der Waals surface area (Å²) >= 11 is 1.61. The molecule has 0 aliphatic carbocycles. The van der Waals surface area contributed by atoms with Crippen LogP contribution in [0.5, 0.6) is 0 Å². The predicted molar refractivity (Wildman–Crippen MR) is 67.8 cm³/mol. The van der Waals surface area contributed by atoms with Crippen LogP contribution in [0.2, 0.25) is 0 Å². The van der Waals surface area contributed by atoms with Gasteiger partial charge in [-0.1, -0.05) is 6.07 Å². The first-order valence-electron chi connectivity index (χ1n) is 5.21. The quantitative estimate of drug-likeness (QED) is 0.868. The lowest BCUT2D eigenvalue weighted by Crippen LogP contribution is -2.28. The Balaban J connectivity index is 2.12. The van der Waals surface area contributed by atoms with Crippen LogP contribution in [0.25, 0.3) is 0 Å². The standard InChI is InChI=1S/C11H14N4OS/c1-7(9-4-3-5-17-9)14-11(16)10-8(12)6-13-15(10)2/h3-7H,12H2,1-2H3,(H,14,16). The lowest BCUT2D eigenvalue weighted by Gasteiger charge is -2.12. The molecule has 2 rings (SSSR count). The van der Waals surface area contributed by atoms with Crippen molar-refractivity contribution < 1.29 is 4.79 Å². The normalized spacial score (nSPS) is 12.4. The van der Waals surface area contributed by atoms with Gasteiger partial charge in [-0.05, 0) is 18.4 Å². The van der Waals surface area contributed by atoms with Gasteiger partial charge >= 0.3 is 0 Å². The molecular formula is C11H14N4OS. The van der Waals surface area contributed by atoms with Gasteiger partial charge in [0.1, 0.15) is 5.69 Å². The van der Waals surface area contributed by atoms with Crippen molar-refractivity contribution in [1.29, 1.82) is 0 Å². The molecule has 0 saturated carbocycles. The van der Waals surface area contributed by atoms with Gasteiger partial charge in [0.25, 0.3) is 5.91 Å². The first kappa shape index (κ1) is 11.7. The third-order valence-electron chi connectivity index (χ3n) is 2.50. The van der Waals surface area contributed by atoms with E-state index in [0.29, 0.717) is 11.4 Å². The number of hydrogen-bond donors (Lipinski definition) is 2. The highest BCUT2D eigenvalue weighted by atomic mass is 32.1. The van der Waals surface area contributed by atoms with Crippen molar-refractivity contribution in [3.05, 3.63) is 34.3 Å². The number of anilines is 1. The molecule has 1 unspecified atom stereocenters. The van der Waals surface area contributed by atoms with E-state index >= 15 is 0 Å². The van der Waals surface area contributed by atoms with E-state index in [9.17, 15) is 4.79 Å². The molecule has 2 aromatic rings. The van der Waals surface area contributed by atoms with Gasteiger partial charge in [-0.2, -0.15) is 5.10 Å². The Morgan fingerprint density at radius 3 is 2.94 bits per heavy atom. The molecule has 0 aliphatic rings. The molecule has 1 amide bonds. The summed E-state index contributed by atoms with van der Waals surface area (Å²) in [6, 6.07) is 3.92. The fourth-order valence-electron chi connectivity index (χ4n) is 1.61. The van der Waals surface area contributed by atoms with Crippen molar-refractivity contribution in [2.24, 2.45) is 7.05 Å². The summed E-state index contributed by atoms with van der Waals surface area (Å²) < 4.78 is 1.48. The number of carbonyl (C=O) groups is 1. The molecule has 0 radical (unpaired) electrons. The van der Waals surface area contributed by atoms with Crippen molar-refractivity contribution in [2.75, 3.05) is 5.73 Å². The molecule has 0 fully saturated rings. The van der Waals surface area contributed by atoms with Crippen LogP contribution in [-0.2, 0) is 7.05 Å². The smallest absolute Gasteiger partial charge is 0.272 e. The predicted octanol–water partition coefficient (Wildman–Crippen LogP) is 1.55. The van der Waals surface area contributed by atoms with Gasteiger partial charge in [0.05, 0.1) is 17.9 Å². The monoisotopic (exact) mass is 250 g/mol. The Morgan fingerprint density at radius 1 is 1.65 bits per heavy atom. The maximum Gasteiger partial charge on any atom is 0.272 e. The number of aromatic nitrogens is 2. The summed E-state index contributed by atoms with van der Waals surface area (Å²) in [5.74, 6) is -0.205. The van der Waals surface area contributed by atoms with Gasteiger partial charge in [-0.15, -0.1) is 11.3 Å². The van der Waals surface area contributed by atoms with Crippen molar-refractivity contribution in [1.82, 2.24) is 15.1 Å². The van der Waals surface area contributed by atoms with E-state index in [1.807, 2.05) is 24.4 Å². The fraction of sp³-hybridized carbons (Fsp3) is 0.273. The molecule has 0 saturated heterocycles. The van der Waals surface area contributed by atoms with E-state index in [2.05, 4.69) is 10.4 Å². The summed E-state index contributed by atoms with van der Waals surface area (Å²) in [5, 5.41) is 8.82. The minimum Gasteiger partial charge on any atom is -0.396 e. The minimum atomic E-state index is -0.205. The molecule has 2 heterocycles. The topological polar surface area (TPSA) is 72.9 Å². The molecule has 17 heavy (non-hydrogen) atoms. The average Bonchev–Trinajstić information content (AvgIpc) is 2.88. The van der Waals surface area contributed by atoms with Crippen LogP contribution in [0, 0.1) is 0 Å². The van der Waals surface area contributed by atoms with Crippen LogP contribution >= 0.6 is 11.3 Å². The molecular weight excluding hydrogens is 236 g/mol. The number of carbonyl (C=O) groups excluding carboxylic acids is 1. The number of nitrogens with one attached hydrogen (secondary N) is 1. The third-order valence-corrected chi connectivity index (χ3v) is 3.55. The van der Waals surface area contributed by atoms with Gasteiger partial charge in [-0.25, -0.2) is 0 Å². The highest BCUT2D eigenvalue weighted by Crippen LogP contribution is 2.19. The van der Waals surface area contributed by atoms with Crippen LogP contribution < -0.4 is 11.1 Å². The molecule has 6 heteroatoms. The molecule has 0 aliphatic heterocycles. The van der Waals surface area contributed by atoms with E-state index in [4.69, 9.17) is 5.73 Å². The molecule has 5 nitrogen and oxygen atoms in total. The first-order chi connectivity index (χ1) is 8.09. The van der Waals surface area contributed by atoms with E-state index in [-0.39, 0.29) is 11.9 Å². The summed E-state index contributed by atoms with van der Waals surface area (Å²) in [7, 11) is 1.70. The van der Waals surface area contributed by atoms with E-state index in [1.165, 1.54) is 10.9 Å². The van der Waals surface area contributed by atoms with Crippen LogP contribution in [0.15, 0.2) is 23.7 Å². The summed E-state index contributed by atoms with van der Waals surface area (Å²) in [4.78, 5) is 13.1. The second kappa shape index (κ2) is 4.58. The Kier molecular flexibility index (Phi) is 3.14. The van der Waals surface area contributed by atoms with E-state index < -0.39 is 0 Å². The minimum absolute atomic E-state index is 0.0307. The summed E-state index contributed by atoms with van der Waals surface area (Å²) in [5.41, 5.74) is 6.48. The highest BCUT2D eigenvalue weighted by Gasteiger charge is 2.17. The Morgan fingerprint density at radius 2 is 2.41 bits per heavy atom. The number of aryl methyl sites for hydroxylation is 1. The van der Waals surface area contributed by atoms with Gasteiger partial charge in [-0.3, -0.25) is 9.48 Å². The lowest BCUT2D eigenvalue weighted by atomic mass is 10.2. The maximum absolute atomic E-state index is 12.0. The first-order valence-corrected chi connectivity index (χ1v) is 6.09. The van der Waals surface area contributed by atoms with Gasteiger partial charge in [0, 0.05) is 11.9 Å². The molecule has 0 spiro atoms. The number of nitrogens with zero attached hydrogens (tertiary/aromatic N) is 2. The highest BCUT2D eigenvalue weighted by molar-refractivity contribution is 7.10. The van der Waals surface area contributed by atoms with Gasteiger partial charge in [0.15, 0.2) is 0 Å². The maximum atomic E-state index is 12.0. The SMILES string of the molecule is CC(NC(=O)c1c(N)cnn1C)c1cccs1. The van der Waals surface area contributed by atoms with Crippen LogP contribution in [0.1, 0.15) is 28.3 Å². The van der Waals surface area contributed by atoms with Crippen molar-refractivity contribution in [2.45, 2.75) is 13.0 Å². The number of hydrogen-bond acceptors (Lipinski definition) is 4. The van der Waals surface area contributed by atoms with Gasteiger partial charge in [0.2, 0.25) is 0 Å². The fourth-order valence-corrected chi connectivity index (χ4v) is 2.34. The van der Waals surface area contributed by atoms with Crippen LogP contribution in [-0.4, -0.2) is 15.7 Å². The number of amides is 1. The molecule has 3 N–H and O–H groups in total. The summed E-state index contributed by atoms with van der Waals surface area (Å²) in [6.45, 7) is 1.94. The number of nitrogens with two attached hydrogens (primary N) is 1. The molecule has 90 valence electrons. The van der Waals surface area contributed by atoms with Crippen molar-refractivity contribution >= 4 is 22.9 Å². The van der Waals surface area contributed by atoms with Gasteiger partial charge < -0.3 is 11.1 Å². The zero-order valence-corrected chi connectivity index (χ0v) is 10.5. The second-order valence-electron chi connectivity index (χ2n) is 3.78. The molecule has 0 aromatic carbocycles. The summed E-state index contributed by atoms with van der Waals surface area (Å²) in [6.07, 6.45) is 1.48. The Hall–Kier alpha value is -1.82. The molecule has 1 atom stereocenters. The number of thiophene rings is 1. The average molecular weight is 250 g/mol. The zero-order valence-electron chi connectivity index (χ0n) is 9.68. The lowest BCUT2D eigenvalue weighted by molar-refractivity contribution is 0.0932. The Bertz CT molecular complexity index is 498. The molecule has 2 aromatic heterocycles. The van der Waals surface area contributed by atoms with Crippen LogP contribution in [0.4, 0.5) is 5.69 Å². The van der Waals surface area contributed by atoms with E-state index in [1.54, 1.807) is 18.4 Å². The van der Waals surface area contributed by atoms with Crippen molar-refractivity contribution in [3.8, 4) is 0 Å². The van der Waals surface area contributed by atoms with Crippen LogP contribution in [0.3, 0.4) is 0 Å². The third kappa shape index (κ3) is 2.31. The molecule has 0 bridgehead atoms. The largest absolute Gasteiger partial charge is 0.396 e. The van der Waals surface area contributed by atoms with E-state index in [0.717, 1.165) is 4.88 Å². The zero-order chi connectivity index (χ0) is 12.4. The Labute approximate surface area is 103 Å². The second-order valence-corrected chi connectivity index (χ2v) is 4.76. The number of nitrogen functional groups attached to an aromatic ring is 1. The number of rotatable bonds is 3. The van der Waals surface area contributed by atoms with Crippen molar-refractivity contribution in [3.63, 3.8) is 0 Å².